The quantitative estimate of drug-likeness (QED) is 0.719. The predicted molar refractivity (Wildman–Crippen MR) is 66.7 cm³/mol. The van der Waals surface area contributed by atoms with E-state index in [4.69, 9.17) is 4.74 Å². The minimum Gasteiger partial charge on any atom is -0.378 e. The standard InChI is InChI=1S/C13H26N2O/c1-15-8-5-12(6-9-15)11-14-7-4-13-3-2-10-16-13/h12-14H,2-11H2,1H3. The fourth-order valence-corrected chi connectivity index (χ4v) is 2.71. The lowest BCUT2D eigenvalue weighted by molar-refractivity contribution is 0.103. The first kappa shape index (κ1) is 12.3. The summed E-state index contributed by atoms with van der Waals surface area (Å²) in [6.07, 6.45) is 7.01. The summed E-state index contributed by atoms with van der Waals surface area (Å²) in [5.41, 5.74) is 0. The van der Waals surface area contributed by atoms with Gasteiger partial charge in [-0.05, 0) is 71.2 Å². The molecule has 0 saturated carbocycles. The average molecular weight is 226 g/mol. The van der Waals surface area contributed by atoms with Crippen LogP contribution in [0.5, 0.6) is 0 Å². The van der Waals surface area contributed by atoms with E-state index in [2.05, 4.69) is 17.3 Å². The van der Waals surface area contributed by atoms with Gasteiger partial charge in [-0.25, -0.2) is 0 Å². The first-order chi connectivity index (χ1) is 7.84. The highest BCUT2D eigenvalue weighted by Crippen LogP contribution is 2.16. The molecule has 16 heavy (non-hydrogen) atoms. The molecule has 0 aromatic heterocycles. The van der Waals surface area contributed by atoms with E-state index in [1.807, 2.05) is 0 Å². The summed E-state index contributed by atoms with van der Waals surface area (Å²) in [6.45, 7) is 5.88. The fourth-order valence-electron chi connectivity index (χ4n) is 2.71. The zero-order chi connectivity index (χ0) is 11.2. The van der Waals surface area contributed by atoms with Crippen molar-refractivity contribution in [3.05, 3.63) is 0 Å². The second-order valence-corrected chi connectivity index (χ2v) is 5.37. The Bertz CT molecular complexity index is 184. The molecular weight excluding hydrogens is 200 g/mol. The first-order valence-electron chi connectivity index (χ1n) is 6.85. The molecule has 2 heterocycles. The maximum Gasteiger partial charge on any atom is 0.0588 e. The van der Waals surface area contributed by atoms with Crippen LogP contribution in [0.15, 0.2) is 0 Å². The Morgan fingerprint density at radius 2 is 2.06 bits per heavy atom. The van der Waals surface area contributed by atoms with Crippen molar-refractivity contribution in [2.75, 3.05) is 39.8 Å². The first-order valence-corrected chi connectivity index (χ1v) is 6.85. The van der Waals surface area contributed by atoms with Gasteiger partial charge in [-0.1, -0.05) is 0 Å². The van der Waals surface area contributed by atoms with E-state index < -0.39 is 0 Å². The van der Waals surface area contributed by atoms with E-state index >= 15 is 0 Å². The number of nitrogens with one attached hydrogen (secondary N) is 1. The van der Waals surface area contributed by atoms with Crippen LogP contribution in [-0.2, 0) is 4.74 Å². The molecule has 0 aliphatic carbocycles. The topological polar surface area (TPSA) is 24.5 Å². The van der Waals surface area contributed by atoms with E-state index in [-0.39, 0.29) is 0 Å². The van der Waals surface area contributed by atoms with E-state index in [0.717, 1.165) is 19.1 Å². The second-order valence-electron chi connectivity index (χ2n) is 5.37. The predicted octanol–water partition coefficient (Wildman–Crippen LogP) is 1.49. The molecule has 0 aromatic carbocycles. The Balaban J connectivity index is 1.48. The normalized spacial score (nSPS) is 28.7. The van der Waals surface area contributed by atoms with Crippen LogP contribution in [0.3, 0.4) is 0 Å². The molecule has 1 unspecified atom stereocenters. The Morgan fingerprint density at radius 1 is 1.25 bits per heavy atom. The third-order valence-electron chi connectivity index (χ3n) is 3.94. The van der Waals surface area contributed by atoms with Crippen molar-refractivity contribution in [3.8, 4) is 0 Å². The van der Waals surface area contributed by atoms with Gasteiger partial charge in [-0.3, -0.25) is 0 Å². The largest absolute Gasteiger partial charge is 0.378 e. The van der Waals surface area contributed by atoms with Crippen molar-refractivity contribution >= 4 is 0 Å². The SMILES string of the molecule is CN1CCC(CNCCC2CCCO2)CC1. The lowest BCUT2D eigenvalue weighted by Crippen LogP contribution is -2.35. The molecule has 0 aromatic rings. The van der Waals surface area contributed by atoms with Crippen LogP contribution in [0, 0.1) is 5.92 Å². The molecule has 2 rings (SSSR count). The molecule has 3 heteroatoms. The Morgan fingerprint density at radius 3 is 2.75 bits per heavy atom. The van der Waals surface area contributed by atoms with Gasteiger partial charge in [0.05, 0.1) is 6.10 Å². The summed E-state index contributed by atoms with van der Waals surface area (Å²) in [7, 11) is 2.22. The molecule has 3 nitrogen and oxygen atoms in total. The summed E-state index contributed by atoms with van der Waals surface area (Å²) in [4.78, 5) is 2.43. The van der Waals surface area contributed by atoms with Gasteiger partial charge in [0.1, 0.15) is 0 Å². The molecule has 2 saturated heterocycles. The van der Waals surface area contributed by atoms with E-state index in [9.17, 15) is 0 Å². The van der Waals surface area contributed by atoms with Crippen molar-refractivity contribution in [3.63, 3.8) is 0 Å². The Labute approximate surface area is 99.5 Å². The van der Waals surface area contributed by atoms with Gasteiger partial charge in [0, 0.05) is 6.61 Å². The zero-order valence-corrected chi connectivity index (χ0v) is 10.6. The van der Waals surface area contributed by atoms with Gasteiger partial charge >= 0.3 is 0 Å². The molecular formula is C13H26N2O. The number of piperidine rings is 1. The molecule has 2 aliphatic heterocycles. The Kier molecular flexibility index (Phi) is 5.07. The van der Waals surface area contributed by atoms with Crippen LogP contribution >= 0.6 is 0 Å². The van der Waals surface area contributed by atoms with E-state index in [1.54, 1.807) is 0 Å². The molecule has 0 radical (unpaired) electrons. The van der Waals surface area contributed by atoms with E-state index in [0.29, 0.717) is 6.10 Å². The number of rotatable bonds is 5. The molecule has 0 amide bonds. The van der Waals surface area contributed by atoms with Crippen molar-refractivity contribution in [1.29, 1.82) is 0 Å². The highest BCUT2D eigenvalue weighted by Gasteiger charge is 2.17. The van der Waals surface area contributed by atoms with Gasteiger partial charge in [0.15, 0.2) is 0 Å². The van der Waals surface area contributed by atoms with E-state index in [1.165, 1.54) is 51.7 Å². The third-order valence-corrected chi connectivity index (χ3v) is 3.94. The molecule has 1 N–H and O–H groups in total. The van der Waals surface area contributed by atoms with Gasteiger partial charge in [-0.15, -0.1) is 0 Å². The van der Waals surface area contributed by atoms with Crippen molar-refractivity contribution < 1.29 is 4.74 Å². The highest BCUT2D eigenvalue weighted by atomic mass is 16.5. The number of ether oxygens (including phenoxy) is 1. The van der Waals surface area contributed by atoms with Crippen molar-refractivity contribution in [2.45, 2.75) is 38.2 Å². The van der Waals surface area contributed by atoms with Crippen LogP contribution in [-0.4, -0.2) is 50.8 Å². The third kappa shape index (κ3) is 4.04. The number of hydrogen-bond donors (Lipinski definition) is 1. The van der Waals surface area contributed by atoms with Crippen molar-refractivity contribution in [2.24, 2.45) is 5.92 Å². The highest BCUT2D eigenvalue weighted by molar-refractivity contribution is 4.72. The minimum atomic E-state index is 0.546. The summed E-state index contributed by atoms with van der Waals surface area (Å²) in [5, 5.41) is 3.60. The lowest BCUT2D eigenvalue weighted by atomic mass is 9.97. The monoisotopic (exact) mass is 226 g/mol. The van der Waals surface area contributed by atoms with Gasteiger partial charge in [0.25, 0.3) is 0 Å². The van der Waals surface area contributed by atoms with Crippen LogP contribution in [0.2, 0.25) is 0 Å². The van der Waals surface area contributed by atoms with Crippen LogP contribution < -0.4 is 5.32 Å². The molecule has 94 valence electrons. The minimum absolute atomic E-state index is 0.546. The molecule has 1 atom stereocenters. The second kappa shape index (κ2) is 6.58. The summed E-state index contributed by atoms with van der Waals surface area (Å²) >= 11 is 0. The maximum absolute atomic E-state index is 5.61. The van der Waals surface area contributed by atoms with Crippen LogP contribution in [0.4, 0.5) is 0 Å². The average Bonchev–Trinajstić information content (AvgIpc) is 2.80. The summed E-state index contributed by atoms with van der Waals surface area (Å²) in [5.74, 6) is 0.903. The summed E-state index contributed by atoms with van der Waals surface area (Å²) in [6, 6.07) is 0. The Hall–Kier alpha value is -0.120. The summed E-state index contributed by atoms with van der Waals surface area (Å²) < 4.78 is 5.61. The van der Waals surface area contributed by atoms with Gasteiger partial charge < -0.3 is 15.0 Å². The molecule has 2 aliphatic rings. The van der Waals surface area contributed by atoms with Crippen LogP contribution in [0.25, 0.3) is 0 Å². The van der Waals surface area contributed by atoms with Gasteiger partial charge in [-0.2, -0.15) is 0 Å². The van der Waals surface area contributed by atoms with Crippen molar-refractivity contribution in [1.82, 2.24) is 10.2 Å². The number of hydrogen-bond acceptors (Lipinski definition) is 3. The lowest BCUT2D eigenvalue weighted by Gasteiger charge is -2.29. The smallest absolute Gasteiger partial charge is 0.0588 e. The maximum atomic E-state index is 5.61. The molecule has 2 fully saturated rings. The van der Waals surface area contributed by atoms with Crippen LogP contribution in [0.1, 0.15) is 32.1 Å². The zero-order valence-electron chi connectivity index (χ0n) is 10.6. The molecule has 0 bridgehead atoms. The van der Waals surface area contributed by atoms with Gasteiger partial charge in [0.2, 0.25) is 0 Å². The number of likely N-dealkylation sites (tertiary alicyclic amines) is 1. The fraction of sp³-hybridized carbons (Fsp3) is 1.00. The molecule has 0 spiro atoms. The number of nitrogens with zero attached hydrogens (tertiary/aromatic N) is 1.